The molecule has 0 aliphatic carbocycles. The third-order valence-electron chi connectivity index (χ3n) is 4.22. The Morgan fingerprint density at radius 3 is 2.70 bits per heavy atom. The second kappa shape index (κ2) is 5.47. The number of oxazole rings is 1. The number of benzene rings is 2. The number of ether oxygens (including phenoxy) is 1. The number of nitrogens with one attached hydrogen (secondary N) is 1. The van der Waals surface area contributed by atoms with Crippen molar-refractivity contribution in [3.63, 3.8) is 0 Å². The summed E-state index contributed by atoms with van der Waals surface area (Å²) in [5.41, 5.74) is 3.60. The van der Waals surface area contributed by atoms with Gasteiger partial charge in [0.05, 0.1) is 11.3 Å². The van der Waals surface area contributed by atoms with Crippen molar-refractivity contribution >= 4 is 22.4 Å². The van der Waals surface area contributed by atoms with E-state index in [1.165, 1.54) is 0 Å². The summed E-state index contributed by atoms with van der Waals surface area (Å²) in [6, 6.07) is 15.7. The summed E-state index contributed by atoms with van der Waals surface area (Å²) >= 11 is 0. The molecule has 2 heterocycles. The fourth-order valence-corrected chi connectivity index (χ4v) is 2.76. The van der Waals surface area contributed by atoms with Gasteiger partial charge in [-0.25, -0.2) is 4.98 Å². The maximum absolute atomic E-state index is 6.01. The minimum Gasteiger partial charge on any atom is -0.438 e. The molecule has 1 aliphatic heterocycles. The summed E-state index contributed by atoms with van der Waals surface area (Å²) in [6.07, 6.45) is 0.971. The van der Waals surface area contributed by atoms with Crippen molar-refractivity contribution in [3.8, 4) is 5.75 Å². The number of fused-ring (bicyclic) bond motifs is 2. The van der Waals surface area contributed by atoms with Crippen LogP contribution in [0.25, 0.3) is 16.7 Å². The average Bonchev–Trinajstić information content (AvgIpc) is 3.18. The smallest absolute Gasteiger partial charge is 0.228 e. The highest BCUT2D eigenvalue weighted by atomic mass is 16.5. The predicted molar refractivity (Wildman–Crippen MR) is 91.1 cm³/mol. The first-order chi connectivity index (χ1) is 11.3. The van der Waals surface area contributed by atoms with E-state index in [2.05, 4.69) is 24.1 Å². The Kier molecular flexibility index (Phi) is 3.30. The van der Waals surface area contributed by atoms with Crippen LogP contribution in [0.5, 0.6) is 5.75 Å². The molecule has 0 saturated carbocycles. The zero-order valence-corrected chi connectivity index (χ0v) is 13.2. The molecule has 0 bridgehead atoms. The van der Waals surface area contributed by atoms with Gasteiger partial charge in [-0.1, -0.05) is 38.1 Å². The monoisotopic (exact) mass is 306 g/mol. The van der Waals surface area contributed by atoms with E-state index in [1.54, 1.807) is 0 Å². The number of anilines is 1. The standard InChI is InChI=1S/C19H18N2O2/c1-3-12(2)17(18-20-13-8-4-6-10-15(13)22-18)19-21-14-9-5-7-11-16(14)23-19/h4-12,20H,3H2,1-2H3. The first-order valence-corrected chi connectivity index (χ1v) is 7.90. The van der Waals surface area contributed by atoms with Crippen LogP contribution in [0.3, 0.4) is 0 Å². The SMILES string of the molecule is CCC(C)C(=C1Nc2ccccc2O1)c1nc2ccccc2o1. The lowest BCUT2D eigenvalue weighted by Crippen LogP contribution is -2.08. The van der Waals surface area contributed by atoms with Crippen LogP contribution in [-0.2, 0) is 0 Å². The average molecular weight is 306 g/mol. The normalized spacial score (nSPS) is 16.6. The molecule has 1 N–H and O–H groups in total. The number of nitrogens with zero attached hydrogens (tertiary/aromatic N) is 1. The molecule has 2 aromatic carbocycles. The number of para-hydroxylation sites is 4. The van der Waals surface area contributed by atoms with Gasteiger partial charge in [0.2, 0.25) is 11.8 Å². The van der Waals surface area contributed by atoms with Crippen molar-refractivity contribution in [2.24, 2.45) is 5.92 Å². The Labute approximate surface area is 134 Å². The molecule has 1 unspecified atom stereocenters. The Morgan fingerprint density at radius 1 is 1.13 bits per heavy atom. The van der Waals surface area contributed by atoms with Crippen LogP contribution >= 0.6 is 0 Å². The van der Waals surface area contributed by atoms with Crippen LogP contribution in [0.15, 0.2) is 58.8 Å². The summed E-state index contributed by atoms with van der Waals surface area (Å²) < 4.78 is 12.0. The zero-order chi connectivity index (χ0) is 15.8. The van der Waals surface area contributed by atoms with Crippen molar-refractivity contribution in [1.82, 2.24) is 4.98 Å². The van der Waals surface area contributed by atoms with Gasteiger partial charge < -0.3 is 14.5 Å². The van der Waals surface area contributed by atoms with Crippen LogP contribution in [-0.4, -0.2) is 4.98 Å². The van der Waals surface area contributed by atoms with Crippen molar-refractivity contribution in [2.75, 3.05) is 5.32 Å². The molecule has 0 amide bonds. The summed E-state index contributed by atoms with van der Waals surface area (Å²) in [5, 5.41) is 3.35. The van der Waals surface area contributed by atoms with Gasteiger partial charge in [-0.3, -0.25) is 0 Å². The molecule has 0 radical (unpaired) electrons. The third-order valence-corrected chi connectivity index (χ3v) is 4.22. The summed E-state index contributed by atoms with van der Waals surface area (Å²) in [4.78, 5) is 4.64. The lowest BCUT2D eigenvalue weighted by molar-refractivity contribution is 0.447. The van der Waals surface area contributed by atoms with Crippen molar-refractivity contribution in [1.29, 1.82) is 0 Å². The largest absolute Gasteiger partial charge is 0.438 e. The molecule has 116 valence electrons. The lowest BCUT2D eigenvalue weighted by Gasteiger charge is -2.13. The van der Waals surface area contributed by atoms with Gasteiger partial charge in [-0.05, 0) is 36.6 Å². The minimum atomic E-state index is 0.264. The minimum absolute atomic E-state index is 0.264. The molecular weight excluding hydrogens is 288 g/mol. The number of aromatic nitrogens is 1. The fourth-order valence-electron chi connectivity index (χ4n) is 2.76. The molecule has 3 aromatic rings. The maximum Gasteiger partial charge on any atom is 0.228 e. The van der Waals surface area contributed by atoms with Crippen molar-refractivity contribution < 1.29 is 9.15 Å². The van der Waals surface area contributed by atoms with Gasteiger partial charge in [0.15, 0.2) is 11.3 Å². The molecular formula is C19H18N2O2. The molecule has 4 heteroatoms. The summed E-state index contributed by atoms with van der Waals surface area (Å²) in [5.74, 6) is 2.43. The second-order valence-corrected chi connectivity index (χ2v) is 5.76. The van der Waals surface area contributed by atoms with Gasteiger partial charge in [-0.2, -0.15) is 0 Å². The van der Waals surface area contributed by atoms with E-state index in [0.717, 1.165) is 34.5 Å². The molecule has 1 aromatic heterocycles. The first-order valence-electron chi connectivity index (χ1n) is 7.90. The highest BCUT2D eigenvalue weighted by Gasteiger charge is 2.27. The highest BCUT2D eigenvalue weighted by molar-refractivity contribution is 5.79. The topological polar surface area (TPSA) is 47.3 Å². The molecule has 0 spiro atoms. The van der Waals surface area contributed by atoms with E-state index < -0.39 is 0 Å². The Morgan fingerprint density at radius 2 is 1.91 bits per heavy atom. The molecule has 4 nitrogen and oxygen atoms in total. The molecule has 23 heavy (non-hydrogen) atoms. The molecule has 0 fully saturated rings. The van der Waals surface area contributed by atoms with E-state index >= 15 is 0 Å². The Balaban J connectivity index is 1.84. The Hall–Kier alpha value is -2.75. The van der Waals surface area contributed by atoms with Crippen molar-refractivity contribution in [3.05, 3.63) is 60.3 Å². The van der Waals surface area contributed by atoms with E-state index in [-0.39, 0.29) is 5.92 Å². The van der Waals surface area contributed by atoms with Gasteiger partial charge in [0.25, 0.3) is 0 Å². The van der Waals surface area contributed by atoms with E-state index in [4.69, 9.17) is 9.15 Å². The third kappa shape index (κ3) is 2.36. The van der Waals surface area contributed by atoms with Gasteiger partial charge >= 0.3 is 0 Å². The van der Waals surface area contributed by atoms with Crippen LogP contribution in [0.1, 0.15) is 26.2 Å². The number of allylic oxidation sites excluding steroid dienone is 1. The molecule has 0 saturated heterocycles. The van der Waals surface area contributed by atoms with Gasteiger partial charge in [0.1, 0.15) is 5.52 Å². The second-order valence-electron chi connectivity index (χ2n) is 5.76. The van der Waals surface area contributed by atoms with E-state index in [9.17, 15) is 0 Å². The van der Waals surface area contributed by atoms with Crippen LogP contribution in [0, 0.1) is 5.92 Å². The summed E-state index contributed by atoms with van der Waals surface area (Å²) in [7, 11) is 0. The predicted octanol–water partition coefficient (Wildman–Crippen LogP) is 5.05. The van der Waals surface area contributed by atoms with Crippen LogP contribution in [0.4, 0.5) is 5.69 Å². The maximum atomic E-state index is 6.01. The number of hydrogen-bond acceptors (Lipinski definition) is 4. The van der Waals surface area contributed by atoms with Gasteiger partial charge in [-0.15, -0.1) is 0 Å². The fraction of sp³-hybridized carbons (Fsp3) is 0.211. The van der Waals surface area contributed by atoms with Crippen LogP contribution < -0.4 is 10.1 Å². The van der Waals surface area contributed by atoms with Crippen molar-refractivity contribution in [2.45, 2.75) is 20.3 Å². The molecule has 1 aliphatic rings. The van der Waals surface area contributed by atoms with Crippen LogP contribution in [0.2, 0.25) is 0 Å². The number of hydrogen-bond donors (Lipinski definition) is 1. The summed E-state index contributed by atoms with van der Waals surface area (Å²) in [6.45, 7) is 4.31. The number of rotatable bonds is 3. The molecule has 4 rings (SSSR count). The Bertz CT molecular complexity index is 835. The highest BCUT2D eigenvalue weighted by Crippen LogP contribution is 2.39. The molecule has 1 atom stereocenters. The van der Waals surface area contributed by atoms with E-state index in [1.807, 2.05) is 48.5 Å². The quantitative estimate of drug-likeness (QED) is 0.736. The zero-order valence-electron chi connectivity index (χ0n) is 13.2. The first kappa shape index (κ1) is 13.9. The lowest BCUT2D eigenvalue weighted by atomic mass is 9.98. The van der Waals surface area contributed by atoms with Gasteiger partial charge in [0, 0.05) is 0 Å². The van der Waals surface area contributed by atoms with E-state index in [0.29, 0.717) is 11.8 Å².